The number of nitriles is 1. The van der Waals surface area contributed by atoms with Crippen LogP contribution in [0.25, 0.3) is 0 Å². The first-order valence-electron chi connectivity index (χ1n) is 10.7. The number of halogens is 2. The molecule has 0 radical (unpaired) electrons. The van der Waals surface area contributed by atoms with Crippen LogP contribution in [0.2, 0.25) is 10.0 Å². The highest BCUT2D eigenvalue weighted by Crippen LogP contribution is 2.52. The highest BCUT2D eigenvalue weighted by Gasteiger charge is 2.52. The molecule has 5 rings (SSSR count). The van der Waals surface area contributed by atoms with Crippen LogP contribution in [0, 0.1) is 11.3 Å². The van der Waals surface area contributed by atoms with E-state index in [4.69, 9.17) is 23.2 Å². The molecule has 2 unspecified atom stereocenters. The van der Waals surface area contributed by atoms with Crippen LogP contribution in [-0.2, 0) is 5.41 Å². The average Bonchev–Trinajstić information content (AvgIpc) is 3.06. The van der Waals surface area contributed by atoms with Gasteiger partial charge in [-0.3, -0.25) is 9.88 Å². The van der Waals surface area contributed by atoms with Gasteiger partial charge in [0, 0.05) is 28.3 Å². The van der Waals surface area contributed by atoms with Gasteiger partial charge in [-0.05, 0) is 61.1 Å². The highest BCUT2D eigenvalue weighted by atomic mass is 35.5. The molecule has 3 heterocycles. The second-order valence-electron chi connectivity index (χ2n) is 8.59. The van der Waals surface area contributed by atoms with Gasteiger partial charge in [-0.2, -0.15) is 5.26 Å². The third-order valence-electron chi connectivity index (χ3n) is 6.91. The van der Waals surface area contributed by atoms with Crippen LogP contribution in [0.3, 0.4) is 0 Å². The molecule has 2 saturated heterocycles. The van der Waals surface area contributed by atoms with Gasteiger partial charge in [-0.1, -0.05) is 65.7 Å². The van der Waals surface area contributed by atoms with Crippen molar-refractivity contribution < 1.29 is 0 Å². The molecular formula is C26H23Cl2N3. The van der Waals surface area contributed by atoms with E-state index in [-0.39, 0.29) is 18.1 Å². The Morgan fingerprint density at radius 3 is 1.90 bits per heavy atom. The minimum Gasteiger partial charge on any atom is -0.286 e. The molecule has 2 aliphatic heterocycles. The summed E-state index contributed by atoms with van der Waals surface area (Å²) in [5.74, 6) is 0. The number of hydrogen-bond acceptors (Lipinski definition) is 3. The van der Waals surface area contributed by atoms with E-state index >= 15 is 0 Å². The maximum absolute atomic E-state index is 10.3. The van der Waals surface area contributed by atoms with Crippen LogP contribution in [0.5, 0.6) is 0 Å². The lowest BCUT2D eigenvalue weighted by molar-refractivity contribution is 0.0740. The second kappa shape index (κ2) is 8.28. The molecule has 0 spiro atoms. The SMILES string of the molecule is N#CC1(c2ccccn2)CC2CCC(C1)N2C(c1ccccc1Cl)c1ccccc1Cl. The second-order valence-corrected chi connectivity index (χ2v) is 9.41. The number of hydrogen-bond donors (Lipinski definition) is 0. The molecule has 5 heteroatoms. The smallest absolute Gasteiger partial charge is 0.102 e. The number of piperidine rings is 1. The van der Waals surface area contributed by atoms with E-state index < -0.39 is 5.41 Å². The molecule has 31 heavy (non-hydrogen) atoms. The molecule has 0 aliphatic carbocycles. The molecule has 3 aromatic rings. The van der Waals surface area contributed by atoms with E-state index in [1.807, 2.05) is 54.6 Å². The zero-order valence-electron chi connectivity index (χ0n) is 17.1. The molecular weight excluding hydrogens is 425 g/mol. The van der Waals surface area contributed by atoms with Crippen LogP contribution < -0.4 is 0 Å². The van der Waals surface area contributed by atoms with E-state index in [0.29, 0.717) is 0 Å². The summed E-state index contributed by atoms with van der Waals surface area (Å²) < 4.78 is 0. The van der Waals surface area contributed by atoms with E-state index in [0.717, 1.165) is 52.5 Å². The monoisotopic (exact) mass is 447 g/mol. The number of nitrogens with zero attached hydrogens (tertiary/aromatic N) is 3. The normalized spacial score (nSPS) is 25.5. The Labute approximate surface area is 193 Å². The van der Waals surface area contributed by atoms with Crippen LogP contribution in [0.15, 0.2) is 72.9 Å². The van der Waals surface area contributed by atoms with Crippen molar-refractivity contribution in [2.75, 3.05) is 0 Å². The van der Waals surface area contributed by atoms with E-state index in [1.54, 1.807) is 6.20 Å². The summed E-state index contributed by atoms with van der Waals surface area (Å²) in [5, 5.41) is 11.7. The highest BCUT2D eigenvalue weighted by molar-refractivity contribution is 6.32. The van der Waals surface area contributed by atoms with Crippen LogP contribution in [0.4, 0.5) is 0 Å². The van der Waals surface area contributed by atoms with Gasteiger partial charge in [0.25, 0.3) is 0 Å². The Morgan fingerprint density at radius 2 is 1.42 bits per heavy atom. The topological polar surface area (TPSA) is 39.9 Å². The molecule has 156 valence electrons. The summed E-state index contributed by atoms with van der Waals surface area (Å²) in [5.41, 5.74) is 2.48. The number of fused-ring (bicyclic) bond motifs is 2. The number of rotatable bonds is 4. The third-order valence-corrected chi connectivity index (χ3v) is 7.60. The Bertz CT molecular complexity index is 1070. The molecule has 3 nitrogen and oxygen atoms in total. The first-order valence-corrected chi connectivity index (χ1v) is 11.5. The Kier molecular flexibility index (Phi) is 5.48. The van der Waals surface area contributed by atoms with Gasteiger partial charge in [0.15, 0.2) is 0 Å². The quantitative estimate of drug-likeness (QED) is 0.454. The molecule has 0 amide bonds. The van der Waals surface area contributed by atoms with Gasteiger partial charge in [0.05, 0.1) is 17.8 Å². The van der Waals surface area contributed by atoms with Crippen molar-refractivity contribution in [3.05, 3.63) is 99.8 Å². The number of aromatic nitrogens is 1. The Hall–Kier alpha value is -2.38. The minimum atomic E-state index is -0.547. The van der Waals surface area contributed by atoms with E-state index in [2.05, 4.69) is 28.1 Å². The maximum atomic E-state index is 10.3. The first-order chi connectivity index (χ1) is 15.1. The number of pyridine rings is 1. The van der Waals surface area contributed by atoms with Gasteiger partial charge < -0.3 is 0 Å². The molecule has 2 aliphatic rings. The van der Waals surface area contributed by atoms with Gasteiger partial charge in [0.2, 0.25) is 0 Å². The van der Waals surface area contributed by atoms with Crippen LogP contribution in [-0.4, -0.2) is 22.0 Å². The average molecular weight is 448 g/mol. The van der Waals surface area contributed by atoms with Crippen LogP contribution >= 0.6 is 23.2 Å². The van der Waals surface area contributed by atoms with E-state index in [9.17, 15) is 5.26 Å². The van der Waals surface area contributed by atoms with Crippen molar-refractivity contribution in [2.45, 2.75) is 49.2 Å². The summed E-state index contributed by atoms with van der Waals surface area (Å²) >= 11 is 13.4. The minimum absolute atomic E-state index is 0.0414. The molecule has 2 aromatic carbocycles. The predicted molar refractivity (Wildman–Crippen MR) is 124 cm³/mol. The molecule has 0 saturated carbocycles. The lowest BCUT2D eigenvalue weighted by Crippen LogP contribution is -2.51. The number of benzene rings is 2. The maximum Gasteiger partial charge on any atom is 0.102 e. The van der Waals surface area contributed by atoms with Gasteiger partial charge in [0.1, 0.15) is 5.41 Å². The summed E-state index contributed by atoms with van der Waals surface area (Å²) in [6.07, 6.45) is 5.45. The van der Waals surface area contributed by atoms with Crippen LogP contribution in [0.1, 0.15) is 48.5 Å². The van der Waals surface area contributed by atoms with Gasteiger partial charge in [-0.25, -0.2) is 0 Å². The molecule has 0 N–H and O–H groups in total. The van der Waals surface area contributed by atoms with Crippen molar-refractivity contribution in [2.24, 2.45) is 0 Å². The lowest BCUT2D eigenvalue weighted by atomic mass is 9.72. The zero-order valence-corrected chi connectivity index (χ0v) is 18.6. The molecule has 2 fully saturated rings. The summed E-state index contributed by atoms with van der Waals surface area (Å²) in [7, 11) is 0. The predicted octanol–water partition coefficient (Wildman–Crippen LogP) is 6.57. The van der Waals surface area contributed by atoms with Crippen molar-refractivity contribution in [3.63, 3.8) is 0 Å². The fraction of sp³-hybridized carbons (Fsp3) is 0.308. The zero-order chi connectivity index (χ0) is 21.4. The standard InChI is InChI=1S/C26H23Cl2N3/c27-22-9-3-1-7-20(22)25(21-8-2-4-10-23(21)28)31-18-12-13-19(31)16-26(15-18,17-29)24-11-5-6-14-30-24/h1-11,14,18-19,25H,12-13,15-16H2. The largest absolute Gasteiger partial charge is 0.286 e. The van der Waals surface area contributed by atoms with Crippen molar-refractivity contribution >= 4 is 23.2 Å². The van der Waals surface area contributed by atoms with E-state index in [1.165, 1.54) is 0 Å². The molecule has 2 atom stereocenters. The van der Waals surface area contributed by atoms with Crippen molar-refractivity contribution in [1.82, 2.24) is 9.88 Å². The first kappa shape index (κ1) is 20.5. The Morgan fingerprint density at radius 1 is 0.871 bits per heavy atom. The van der Waals surface area contributed by atoms with Crippen molar-refractivity contribution in [3.8, 4) is 6.07 Å². The summed E-state index contributed by atoms with van der Waals surface area (Å²) in [4.78, 5) is 7.14. The third kappa shape index (κ3) is 3.53. The fourth-order valence-electron chi connectivity index (χ4n) is 5.59. The summed E-state index contributed by atoms with van der Waals surface area (Å²) in [6, 6.07) is 25.1. The lowest BCUT2D eigenvalue weighted by Gasteiger charge is -2.47. The molecule has 1 aromatic heterocycles. The van der Waals surface area contributed by atoms with Gasteiger partial charge >= 0.3 is 0 Å². The Balaban J connectivity index is 1.59. The molecule has 2 bridgehead atoms. The van der Waals surface area contributed by atoms with Gasteiger partial charge in [-0.15, -0.1) is 0 Å². The fourth-order valence-corrected chi connectivity index (χ4v) is 6.07. The van der Waals surface area contributed by atoms with Crippen molar-refractivity contribution in [1.29, 1.82) is 5.26 Å². The summed E-state index contributed by atoms with van der Waals surface area (Å²) in [6.45, 7) is 0.